The fourth-order valence-electron chi connectivity index (χ4n) is 2.22. The number of hydrogen-bond acceptors (Lipinski definition) is 2. The maximum Gasteiger partial charge on any atom is 0.275 e. The Bertz CT molecular complexity index is 764. The second-order valence-electron chi connectivity index (χ2n) is 4.40. The number of hydrogen-bond donors (Lipinski definition) is 2. The minimum absolute atomic E-state index is 0.153. The minimum atomic E-state index is -0.153. The molecule has 18 heavy (non-hydrogen) atoms. The Morgan fingerprint density at radius 2 is 1.94 bits per heavy atom. The van der Waals surface area contributed by atoms with E-state index in [0.717, 1.165) is 27.9 Å². The molecule has 0 fully saturated rings. The van der Waals surface area contributed by atoms with Gasteiger partial charge in [-0.15, -0.1) is 0 Å². The van der Waals surface area contributed by atoms with Gasteiger partial charge in [-0.1, -0.05) is 12.1 Å². The summed E-state index contributed by atoms with van der Waals surface area (Å²) in [6, 6.07) is 7.54. The SMILES string of the molecule is Cc1c[nH]c(C)c1-c1nc2ccccc2[nH]c1=O. The van der Waals surface area contributed by atoms with Gasteiger partial charge < -0.3 is 9.97 Å². The van der Waals surface area contributed by atoms with Crippen LogP contribution < -0.4 is 5.56 Å². The Labute approximate surface area is 104 Å². The second-order valence-corrected chi connectivity index (χ2v) is 4.40. The smallest absolute Gasteiger partial charge is 0.275 e. The molecule has 1 aromatic carbocycles. The zero-order valence-corrected chi connectivity index (χ0v) is 10.2. The van der Waals surface area contributed by atoms with Crippen molar-refractivity contribution in [2.45, 2.75) is 13.8 Å². The topological polar surface area (TPSA) is 61.5 Å². The van der Waals surface area contributed by atoms with Gasteiger partial charge in [-0.25, -0.2) is 4.98 Å². The van der Waals surface area contributed by atoms with Crippen LogP contribution in [0.15, 0.2) is 35.3 Å². The predicted octanol–water partition coefficient (Wildman–Crippen LogP) is 2.54. The number of para-hydroxylation sites is 2. The van der Waals surface area contributed by atoms with E-state index in [1.165, 1.54) is 0 Å². The van der Waals surface area contributed by atoms with Crippen LogP contribution >= 0.6 is 0 Å². The molecular weight excluding hydrogens is 226 g/mol. The summed E-state index contributed by atoms with van der Waals surface area (Å²) in [6.07, 6.45) is 1.89. The highest BCUT2D eigenvalue weighted by atomic mass is 16.1. The van der Waals surface area contributed by atoms with Crippen LogP contribution in [0.5, 0.6) is 0 Å². The molecule has 0 saturated carbocycles. The third-order valence-corrected chi connectivity index (χ3v) is 3.11. The number of nitrogens with one attached hydrogen (secondary N) is 2. The molecule has 0 atom stereocenters. The molecule has 2 aromatic heterocycles. The number of aryl methyl sites for hydroxylation is 2. The van der Waals surface area contributed by atoms with Crippen LogP contribution in [0.2, 0.25) is 0 Å². The van der Waals surface area contributed by atoms with E-state index in [1.54, 1.807) is 0 Å². The molecule has 2 N–H and O–H groups in total. The summed E-state index contributed by atoms with van der Waals surface area (Å²) in [5, 5.41) is 0. The van der Waals surface area contributed by atoms with Gasteiger partial charge in [-0.2, -0.15) is 0 Å². The van der Waals surface area contributed by atoms with Gasteiger partial charge in [0.15, 0.2) is 0 Å². The number of benzene rings is 1. The van der Waals surface area contributed by atoms with E-state index in [9.17, 15) is 4.79 Å². The van der Waals surface area contributed by atoms with Gasteiger partial charge in [-0.3, -0.25) is 4.79 Å². The first kappa shape index (κ1) is 10.8. The average Bonchev–Trinajstić information content (AvgIpc) is 2.68. The van der Waals surface area contributed by atoms with Gasteiger partial charge in [0.05, 0.1) is 11.0 Å². The van der Waals surface area contributed by atoms with E-state index in [-0.39, 0.29) is 5.56 Å². The van der Waals surface area contributed by atoms with E-state index in [1.807, 2.05) is 44.3 Å². The normalized spacial score (nSPS) is 11.0. The highest BCUT2D eigenvalue weighted by Gasteiger charge is 2.13. The summed E-state index contributed by atoms with van der Waals surface area (Å²) >= 11 is 0. The van der Waals surface area contributed by atoms with E-state index in [4.69, 9.17) is 0 Å². The summed E-state index contributed by atoms with van der Waals surface area (Å²) < 4.78 is 0. The van der Waals surface area contributed by atoms with Crippen molar-refractivity contribution in [3.8, 4) is 11.3 Å². The number of H-pyrrole nitrogens is 2. The molecule has 4 nitrogen and oxygen atoms in total. The van der Waals surface area contributed by atoms with Crippen molar-refractivity contribution >= 4 is 11.0 Å². The van der Waals surface area contributed by atoms with Crippen molar-refractivity contribution in [3.05, 3.63) is 52.1 Å². The number of aromatic amines is 2. The van der Waals surface area contributed by atoms with Crippen molar-refractivity contribution in [1.29, 1.82) is 0 Å². The largest absolute Gasteiger partial charge is 0.364 e. The zero-order valence-electron chi connectivity index (χ0n) is 10.2. The molecule has 0 saturated heterocycles. The lowest BCUT2D eigenvalue weighted by Crippen LogP contribution is -2.12. The molecule has 0 radical (unpaired) electrons. The predicted molar refractivity (Wildman–Crippen MR) is 71.6 cm³/mol. The van der Waals surface area contributed by atoms with Crippen LogP contribution in [0.1, 0.15) is 11.3 Å². The summed E-state index contributed by atoms with van der Waals surface area (Å²) in [5.74, 6) is 0. The van der Waals surface area contributed by atoms with Crippen molar-refractivity contribution in [2.24, 2.45) is 0 Å². The molecule has 3 aromatic rings. The summed E-state index contributed by atoms with van der Waals surface area (Å²) in [7, 11) is 0. The molecule has 0 aliphatic rings. The first-order valence-electron chi connectivity index (χ1n) is 5.81. The number of rotatable bonds is 1. The molecule has 0 bridgehead atoms. The van der Waals surface area contributed by atoms with Crippen LogP contribution in [0.25, 0.3) is 22.3 Å². The molecule has 0 aliphatic heterocycles. The molecule has 4 heteroatoms. The van der Waals surface area contributed by atoms with Gasteiger partial charge in [0.2, 0.25) is 0 Å². The van der Waals surface area contributed by atoms with Crippen LogP contribution in [-0.4, -0.2) is 15.0 Å². The number of nitrogens with zero attached hydrogens (tertiary/aromatic N) is 1. The molecule has 90 valence electrons. The number of aromatic nitrogens is 3. The standard InChI is InChI=1S/C14H13N3O/c1-8-7-15-9(2)12(8)13-14(18)17-11-6-4-3-5-10(11)16-13/h3-7,15H,1-2H3,(H,17,18). The fourth-order valence-corrected chi connectivity index (χ4v) is 2.22. The molecular formula is C14H13N3O. The quantitative estimate of drug-likeness (QED) is 0.685. The van der Waals surface area contributed by atoms with Crippen molar-refractivity contribution in [2.75, 3.05) is 0 Å². The maximum atomic E-state index is 12.1. The van der Waals surface area contributed by atoms with E-state index in [0.29, 0.717) is 5.69 Å². The van der Waals surface area contributed by atoms with Crippen molar-refractivity contribution in [3.63, 3.8) is 0 Å². The average molecular weight is 239 g/mol. The van der Waals surface area contributed by atoms with Crippen LogP contribution in [0.3, 0.4) is 0 Å². The summed E-state index contributed by atoms with van der Waals surface area (Å²) in [6.45, 7) is 3.91. The minimum Gasteiger partial charge on any atom is -0.364 e. The van der Waals surface area contributed by atoms with Crippen LogP contribution in [-0.2, 0) is 0 Å². The Balaban J connectivity index is 2.36. The van der Waals surface area contributed by atoms with Gasteiger partial charge in [-0.05, 0) is 31.5 Å². The lowest BCUT2D eigenvalue weighted by atomic mass is 10.1. The van der Waals surface area contributed by atoms with Gasteiger partial charge in [0, 0.05) is 17.5 Å². The molecule has 3 rings (SSSR count). The third-order valence-electron chi connectivity index (χ3n) is 3.11. The fraction of sp³-hybridized carbons (Fsp3) is 0.143. The maximum absolute atomic E-state index is 12.1. The van der Waals surface area contributed by atoms with Gasteiger partial charge >= 0.3 is 0 Å². The molecule has 0 spiro atoms. The first-order chi connectivity index (χ1) is 8.66. The van der Waals surface area contributed by atoms with Crippen LogP contribution in [0.4, 0.5) is 0 Å². The van der Waals surface area contributed by atoms with Crippen molar-refractivity contribution < 1.29 is 0 Å². The Kier molecular flexibility index (Phi) is 2.30. The molecule has 0 amide bonds. The van der Waals surface area contributed by atoms with Gasteiger partial charge in [0.1, 0.15) is 5.69 Å². The summed E-state index contributed by atoms with van der Waals surface area (Å²) in [4.78, 5) is 22.6. The summed E-state index contributed by atoms with van der Waals surface area (Å²) in [5.41, 5.74) is 4.76. The Morgan fingerprint density at radius 1 is 1.17 bits per heavy atom. The lowest BCUT2D eigenvalue weighted by molar-refractivity contribution is 1.20. The number of fused-ring (bicyclic) bond motifs is 1. The highest BCUT2D eigenvalue weighted by Crippen LogP contribution is 2.23. The van der Waals surface area contributed by atoms with E-state index < -0.39 is 0 Å². The Morgan fingerprint density at radius 3 is 2.67 bits per heavy atom. The first-order valence-corrected chi connectivity index (χ1v) is 5.81. The van der Waals surface area contributed by atoms with Crippen LogP contribution in [0, 0.1) is 13.8 Å². The van der Waals surface area contributed by atoms with E-state index >= 15 is 0 Å². The third kappa shape index (κ3) is 1.54. The van der Waals surface area contributed by atoms with Crippen molar-refractivity contribution in [1.82, 2.24) is 15.0 Å². The highest BCUT2D eigenvalue weighted by molar-refractivity contribution is 5.78. The Hall–Kier alpha value is -2.36. The van der Waals surface area contributed by atoms with Gasteiger partial charge in [0.25, 0.3) is 5.56 Å². The monoisotopic (exact) mass is 239 g/mol. The zero-order chi connectivity index (χ0) is 12.7. The molecule has 2 heterocycles. The second kappa shape index (κ2) is 3.84. The van der Waals surface area contributed by atoms with E-state index in [2.05, 4.69) is 15.0 Å². The lowest BCUT2D eigenvalue weighted by Gasteiger charge is -2.03. The molecule has 0 aliphatic carbocycles. The molecule has 0 unspecified atom stereocenters.